The van der Waals surface area contributed by atoms with Gasteiger partial charge >= 0.3 is 0 Å². The van der Waals surface area contributed by atoms with Gasteiger partial charge in [0.15, 0.2) is 0 Å². The molecule has 14 heavy (non-hydrogen) atoms. The molecule has 0 heterocycles. The summed E-state index contributed by atoms with van der Waals surface area (Å²) in [5, 5.41) is 15.0. The number of rotatable bonds is 4. The molecule has 1 rings (SSSR count). The molecular weight excluding hydrogens is 242 g/mol. The molecule has 0 bridgehead atoms. The van der Waals surface area contributed by atoms with Crippen molar-refractivity contribution in [1.82, 2.24) is 5.32 Å². The molecule has 0 spiro atoms. The van der Waals surface area contributed by atoms with Gasteiger partial charge in [-0.1, -0.05) is 0 Å². The first kappa shape index (κ1) is 11.0. The quantitative estimate of drug-likeness (QED) is 0.807. The van der Waals surface area contributed by atoms with Crippen molar-refractivity contribution >= 4 is 21.6 Å². The standard InChI is InChI=1S/C10H12BrN3/c1-13-4-5-14-10-3-2-8(7-12)6-9(10)11/h2-3,6,13-14H,4-5H2,1H3. The van der Waals surface area contributed by atoms with Crippen LogP contribution >= 0.6 is 15.9 Å². The van der Waals surface area contributed by atoms with E-state index in [4.69, 9.17) is 5.26 Å². The van der Waals surface area contributed by atoms with Crippen molar-refractivity contribution in [3.8, 4) is 6.07 Å². The lowest BCUT2D eigenvalue weighted by Gasteiger charge is -2.07. The fourth-order valence-electron chi connectivity index (χ4n) is 1.05. The zero-order chi connectivity index (χ0) is 10.4. The minimum Gasteiger partial charge on any atom is -0.383 e. The van der Waals surface area contributed by atoms with Crippen LogP contribution in [0.15, 0.2) is 22.7 Å². The lowest BCUT2D eigenvalue weighted by molar-refractivity contribution is 0.823. The number of halogens is 1. The van der Waals surface area contributed by atoms with Crippen LogP contribution in [0.2, 0.25) is 0 Å². The summed E-state index contributed by atoms with van der Waals surface area (Å²) in [6.07, 6.45) is 0. The highest BCUT2D eigenvalue weighted by molar-refractivity contribution is 9.10. The molecule has 74 valence electrons. The first-order chi connectivity index (χ1) is 6.77. The minimum atomic E-state index is 0.663. The predicted octanol–water partition coefficient (Wildman–Crippen LogP) is 1.95. The molecule has 2 N–H and O–H groups in total. The largest absolute Gasteiger partial charge is 0.383 e. The van der Waals surface area contributed by atoms with Gasteiger partial charge in [-0.2, -0.15) is 5.26 Å². The van der Waals surface area contributed by atoms with Gasteiger partial charge in [-0.15, -0.1) is 0 Å². The molecule has 0 amide bonds. The number of hydrogen-bond acceptors (Lipinski definition) is 3. The van der Waals surface area contributed by atoms with Crippen LogP contribution in [0, 0.1) is 11.3 Å². The molecule has 0 fully saturated rings. The van der Waals surface area contributed by atoms with Crippen LogP contribution in [0.25, 0.3) is 0 Å². The van der Waals surface area contributed by atoms with Crippen LogP contribution in [0.1, 0.15) is 5.56 Å². The van der Waals surface area contributed by atoms with Crippen LogP contribution in [0.5, 0.6) is 0 Å². The maximum absolute atomic E-state index is 8.67. The number of nitrogens with zero attached hydrogens (tertiary/aromatic N) is 1. The SMILES string of the molecule is CNCCNc1ccc(C#N)cc1Br. The van der Waals surface area contributed by atoms with E-state index in [9.17, 15) is 0 Å². The Labute approximate surface area is 92.3 Å². The zero-order valence-corrected chi connectivity index (χ0v) is 9.56. The third-order valence-electron chi connectivity index (χ3n) is 1.79. The number of nitriles is 1. The molecule has 0 aliphatic heterocycles. The van der Waals surface area contributed by atoms with E-state index in [2.05, 4.69) is 32.6 Å². The maximum Gasteiger partial charge on any atom is 0.0992 e. The van der Waals surface area contributed by atoms with Gasteiger partial charge in [-0.05, 0) is 41.2 Å². The van der Waals surface area contributed by atoms with E-state index in [0.717, 1.165) is 23.2 Å². The average Bonchev–Trinajstić information content (AvgIpc) is 2.20. The lowest BCUT2D eigenvalue weighted by Crippen LogP contribution is -2.17. The zero-order valence-electron chi connectivity index (χ0n) is 7.97. The Bertz CT molecular complexity index is 344. The second kappa shape index (κ2) is 5.63. The Hall–Kier alpha value is -1.05. The molecule has 3 nitrogen and oxygen atoms in total. The first-order valence-electron chi connectivity index (χ1n) is 4.36. The van der Waals surface area contributed by atoms with Crippen molar-refractivity contribution in [2.75, 3.05) is 25.5 Å². The van der Waals surface area contributed by atoms with Gasteiger partial charge in [0, 0.05) is 23.2 Å². The molecule has 0 saturated heterocycles. The molecule has 4 heteroatoms. The Kier molecular flexibility index (Phi) is 4.44. The van der Waals surface area contributed by atoms with E-state index >= 15 is 0 Å². The summed E-state index contributed by atoms with van der Waals surface area (Å²) in [6.45, 7) is 1.77. The molecule has 0 unspecified atom stereocenters. The third-order valence-corrected chi connectivity index (χ3v) is 2.44. The molecule has 0 saturated carbocycles. The van der Waals surface area contributed by atoms with E-state index < -0.39 is 0 Å². The fourth-order valence-corrected chi connectivity index (χ4v) is 1.57. The highest BCUT2D eigenvalue weighted by atomic mass is 79.9. The Morgan fingerprint density at radius 2 is 2.21 bits per heavy atom. The summed E-state index contributed by atoms with van der Waals surface area (Å²) in [4.78, 5) is 0. The normalized spacial score (nSPS) is 9.50. The summed E-state index contributed by atoms with van der Waals surface area (Å²) in [5.41, 5.74) is 1.68. The van der Waals surface area contributed by atoms with E-state index in [-0.39, 0.29) is 0 Å². The van der Waals surface area contributed by atoms with Crippen molar-refractivity contribution in [1.29, 1.82) is 5.26 Å². The summed E-state index contributed by atoms with van der Waals surface area (Å²) < 4.78 is 0.924. The number of benzene rings is 1. The monoisotopic (exact) mass is 253 g/mol. The maximum atomic E-state index is 8.67. The van der Waals surface area contributed by atoms with Gasteiger partial charge in [-0.3, -0.25) is 0 Å². The summed E-state index contributed by atoms with van der Waals surface area (Å²) >= 11 is 3.41. The Morgan fingerprint density at radius 3 is 2.79 bits per heavy atom. The van der Waals surface area contributed by atoms with Gasteiger partial charge in [0.2, 0.25) is 0 Å². The Balaban J connectivity index is 2.65. The lowest BCUT2D eigenvalue weighted by atomic mass is 10.2. The Morgan fingerprint density at radius 1 is 1.43 bits per heavy atom. The van der Waals surface area contributed by atoms with Crippen molar-refractivity contribution in [2.45, 2.75) is 0 Å². The molecule has 0 aliphatic rings. The van der Waals surface area contributed by atoms with Gasteiger partial charge in [-0.25, -0.2) is 0 Å². The summed E-state index contributed by atoms with van der Waals surface area (Å²) in [6, 6.07) is 7.60. The van der Waals surface area contributed by atoms with E-state index in [1.807, 2.05) is 19.2 Å². The van der Waals surface area contributed by atoms with E-state index in [1.54, 1.807) is 6.07 Å². The molecule has 1 aromatic carbocycles. The van der Waals surface area contributed by atoms with Crippen LogP contribution in [-0.2, 0) is 0 Å². The average molecular weight is 254 g/mol. The van der Waals surface area contributed by atoms with E-state index in [1.165, 1.54) is 0 Å². The van der Waals surface area contributed by atoms with Gasteiger partial charge in [0.25, 0.3) is 0 Å². The van der Waals surface area contributed by atoms with Crippen molar-refractivity contribution < 1.29 is 0 Å². The van der Waals surface area contributed by atoms with Gasteiger partial charge in [0.1, 0.15) is 0 Å². The summed E-state index contributed by atoms with van der Waals surface area (Å²) in [5.74, 6) is 0. The highest BCUT2D eigenvalue weighted by Crippen LogP contribution is 2.22. The summed E-state index contributed by atoms with van der Waals surface area (Å²) in [7, 11) is 1.91. The van der Waals surface area contributed by atoms with Crippen molar-refractivity contribution in [3.63, 3.8) is 0 Å². The second-order valence-corrected chi connectivity index (χ2v) is 3.69. The number of hydrogen-bond donors (Lipinski definition) is 2. The van der Waals surface area contributed by atoms with Crippen LogP contribution in [0.3, 0.4) is 0 Å². The van der Waals surface area contributed by atoms with Crippen LogP contribution in [0.4, 0.5) is 5.69 Å². The van der Waals surface area contributed by atoms with Crippen molar-refractivity contribution in [3.05, 3.63) is 28.2 Å². The van der Waals surface area contributed by atoms with Gasteiger partial charge < -0.3 is 10.6 Å². The molecule has 1 aromatic rings. The smallest absolute Gasteiger partial charge is 0.0992 e. The first-order valence-corrected chi connectivity index (χ1v) is 5.15. The van der Waals surface area contributed by atoms with Crippen molar-refractivity contribution in [2.24, 2.45) is 0 Å². The van der Waals surface area contributed by atoms with E-state index in [0.29, 0.717) is 5.56 Å². The molecule has 0 atom stereocenters. The molecule has 0 aromatic heterocycles. The minimum absolute atomic E-state index is 0.663. The number of nitrogens with one attached hydrogen (secondary N) is 2. The van der Waals surface area contributed by atoms with Crippen LogP contribution < -0.4 is 10.6 Å². The topological polar surface area (TPSA) is 47.8 Å². The predicted molar refractivity (Wildman–Crippen MR) is 61.3 cm³/mol. The fraction of sp³-hybridized carbons (Fsp3) is 0.300. The van der Waals surface area contributed by atoms with Crippen LogP contribution in [-0.4, -0.2) is 20.1 Å². The molecular formula is C10H12BrN3. The number of likely N-dealkylation sites (N-methyl/N-ethyl adjacent to an activating group) is 1. The third kappa shape index (κ3) is 3.02. The number of anilines is 1. The molecule has 0 aliphatic carbocycles. The second-order valence-electron chi connectivity index (χ2n) is 2.84. The highest BCUT2D eigenvalue weighted by Gasteiger charge is 1.99. The molecule has 0 radical (unpaired) electrons. The van der Waals surface area contributed by atoms with Gasteiger partial charge in [0.05, 0.1) is 11.6 Å².